The number of fused-ring (bicyclic) bond motifs is 3. The second kappa shape index (κ2) is 7.05. The van der Waals surface area contributed by atoms with Crippen LogP contribution in [-0.4, -0.2) is 19.6 Å². The summed E-state index contributed by atoms with van der Waals surface area (Å²) in [4.78, 5) is 9.56. The molecule has 3 aromatic carbocycles. The first-order valence-electron chi connectivity index (χ1n) is 8.86. The minimum Gasteiger partial charge on any atom is -0.222 e. The Morgan fingerprint density at radius 3 is 2.54 bits per heavy atom. The van der Waals surface area contributed by atoms with Gasteiger partial charge in [-0.2, -0.15) is 4.52 Å². The largest absolute Gasteiger partial charge is 0.222 e. The quantitative estimate of drug-likeness (QED) is 0.307. The van der Waals surface area contributed by atoms with Crippen molar-refractivity contribution in [1.82, 2.24) is 19.6 Å². The van der Waals surface area contributed by atoms with E-state index in [1.54, 1.807) is 16.6 Å². The van der Waals surface area contributed by atoms with Crippen LogP contribution in [0.2, 0.25) is 0 Å². The van der Waals surface area contributed by atoms with Crippen LogP contribution in [-0.2, 0) is 5.75 Å². The van der Waals surface area contributed by atoms with E-state index < -0.39 is 0 Å². The molecule has 0 atom stereocenters. The Morgan fingerprint density at radius 2 is 1.68 bits per heavy atom. The van der Waals surface area contributed by atoms with Gasteiger partial charge in [0.15, 0.2) is 16.6 Å². The molecule has 5 rings (SSSR count). The van der Waals surface area contributed by atoms with Crippen LogP contribution in [0.4, 0.5) is 4.39 Å². The standard InChI is InChI=1S/C22H15FN4S/c23-17-10-6-7-15(13-17)14-28-22-24-19-12-5-4-11-18(19)21-25-20(26-27(21)22)16-8-2-1-3-9-16/h1-13H,14H2. The Morgan fingerprint density at radius 1 is 0.857 bits per heavy atom. The van der Waals surface area contributed by atoms with Crippen molar-refractivity contribution >= 4 is 28.3 Å². The maximum Gasteiger partial charge on any atom is 0.191 e. The van der Waals surface area contributed by atoms with Crippen molar-refractivity contribution in [3.05, 3.63) is 90.2 Å². The average Bonchev–Trinajstić information content (AvgIpc) is 3.19. The van der Waals surface area contributed by atoms with E-state index in [0.717, 1.165) is 32.8 Å². The van der Waals surface area contributed by atoms with Gasteiger partial charge in [0.25, 0.3) is 0 Å². The Hall–Kier alpha value is -3.25. The van der Waals surface area contributed by atoms with Gasteiger partial charge in [0, 0.05) is 16.7 Å². The second-order valence-electron chi connectivity index (χ2n) is 6.37. The lowest BCUT2D eigenvalue weighted by molar-refractivity contribution is 0.626. The topological polar surface area (TPSA) is 43.1 Å². The zero-order valence-corrected chi connectivity index (χ0v) is 15.6. The van der Waals surface area contributed by atoms with Gasteiger partial charge >= 0.3 is 0 Å². The number of hydrogen-bond donors (Lipinski definition) is 0. The van der Waals surface area contributed by atoms with Crippen molar-refractivity contribution in [2.24, 2.45) is 0 Å². The number of rotatable bonds is 4. The molecule has 2 heterocycles. The van der Waals surface area contributed by atoms with Gasteiger partial charge in [-0.05, 0) is 29.8 Å². The first-order valence-corrected chi connectivity index (χ1v) is 9.85. The van der Waals surface area contributed by atoms with Crippen LogP contribution in [0, 0.1) is 5.82 Å². The Kier molecular flexibility index (Phi) is 4.25. The van der Waals surface area contributed by atoms with Gasteiger partial charge in [-0.3, -0.25) is 0 Å². The molecule has 0 unspecified atom stereocenters. The molecule has 136 valence electrons. The normalized spacial score (nSPS) is 11.3. The summed E-state index contributed by atoms with van der Waals surface area (Å²) in [5.41, 5.74) is 3.49. The molecule has 4 nitrogen and oxygen atoms in total. The minimum absolute atomic E-state index is 0.234. The van der Waals surface area contributed by atoms with Gasteiger partial charge in [-0.1, -0.05) is 66.4 Å². The number of thioether (sulfide) groups is 1. The molecule has 0 radical (unpaired) electrons. The lowest BCUT2D eigenvalue weighted by Crippen LogP contribution is -1.98. The monoisotopic (exact) mass is 386 g/mol. The van der Waals surface area contributed by atoms with Gasteiger partial charge in [0.05, 0.1) is 5.52 Å². The van der Waals surface area contributed by atoms with Gasteiger partial charge < -0.3 is 0 Å². The molecular formula is C22H15FN4S. The highest BCUT2D eigenvalue weighted by atomic mass is 32.2. The summed E-state index contributed by atoms with van der Waals surface area (Å²) in [5, 5.41) is 6.39. The van der Waals surface area contributed by atoms with Gasteiger partial charge in [-0.15, -0.1) is 5.10 Å². The van der Waals surface area contributed by atoms with Gasteiger partial charge in [0.2, 0.25) is 0 Å². The van der Waals surface area contributed by atoms with Crippen LogP contribution in [0.1, 0.15) is 5.56 Å². The van der Waals surface area contributed by atoms with E-state index in [9.17, 15) is 4.39 Å². The summed E-state index contributed by atoms with van der Waals surface area (Å²) in [7, 11) is 0. The Balaban J connectivity index is 1.63. The average molecular weight is 386 g/mol. The van der Waals surface area contributed by atoms with Crippen molar-refractivity contribution in [2.75, 3.05) is 0 Å². The van der Waals surface area contributed by atoms with Crippen molar-refractivity contribution in [3.63, 3.8) is 0 Å². The summed E-state index contributed by atoms with van der Waals surface area (Å²) in [6.45, 7) is 0. The zero-order chi connectivity index (χ0) is 18.9. The number of hydrogen-bond acceptors (Lipinski definition) is 4. The predicted octanol–water partition coefficient (Wildman–Crippen LogP) is 5.38. The number of aromatic nitrogens is 4. The number of nitrogens with zero attached hydrogens (tertiary/aromatic N) is 4. The summed E-state index contributed by atoms with van der Waals surface area (Å²) in [6.07, 6.45) is 0. The fourth-order valence-electron chi connectivity index (χ4n) is 3.11. The molecule has 0 saturated carbocycles. The fraction of sp³-hybridized carbons (Fsp3) is 0.0455. The summed E-state index contributed by atoms with van der Waals surface area (Å²) < 4.78 is 15.3. The molecule has 6 heteroatoms. The smallest absolute Gasteiger partial charge is 0.191 e. The SMILES string of the molecule is Fc1cccc(CSc2nc3ccccc3c3nc(-c4ccccc4)nn23)c1. The van der Waals surface area contributed by atoms with Crippen LogP contribution < -0.4 is 0 Å². The molecule has 5 aromatic rings. The summed E-state index contributed by atoms with van der Waals surface area (Å²) in [5.74, 6) is 1.02. The molecule has 0 aliphatic heterocycles. The molecular weight excluding hydrogens is 371 g/mol. The highest BCUT2D eigenvalue weighted by Crippen LogP contribution is 2.28. The first kappa shape index (κ1) is 16.9. The maximum atomic E-state index is 13.5. The highest BCUT2D eigenvalue weighted by molar-refractivity contribution is 7.98. The number of halogens is 1. The Labute approximate surface area is 165 Å². The van der Waals surface area contributed by atoms with Crippen molar-refractivity contribution in [2.45, 2.75) is 10.9 Å². The highest BCUT2D eigenvalue weighted by Gasteiger charge is 2.14. The van der Waals surface area contributed by atoms with E-state index in [1.807, 2.05) is 60.7 Å². The van der Waals surface area contributed by atoms with E-state index >= 15 is 0 Å². The molecule has 0 spiro atoms. The van der Waals surface area contributed by atoms with Crippen LogP contribution >= 0.6 is 11.8 Å². The lowest BCUT2D eigenvalue weighted by Gasteiger charge is -2.06. The molecule has 2 aromatic heterocycles. The fourth-order valence-corrected chi connectivity index (χ4v) is 4.00. The molecule has 0 aliphatic rings. The third-order valence-electron chi connectivity index (χ3n) is 4.44. The van der Waals surface area contributed by atoms with Gasteiger partial charge in [0.1, 0.15) is 5.82 Å². The molecule has 0 amide bonds. The van der Waals surface area contributed by atoms with Crippen LogP contribution in [0.3, 0.4) is 0 Å². The van der Waals surface area contributed by atoms with Crippen LogP contribution in [0.15, 0.2) is 84.0 Å². The first-order chi connectivity index (χ1) is 13.8. The third kappa shape index (κ3) is 3.12. The van der Waals surface area contributed by atoms with E-state index in [0.29, 0.717) is 11.6 Å². The van der Waals surface area contributed by atoms with Crippen LogP contribution in [0.25, 0.3) is 27.9 Å². The lowest BCUT2D eigenvalue weighted by atomic mass is 10.2. The van der Waals surface area contributed by atoms with E-state index in [2.05, 4.69) is 0 Å². The van der Waals surface area contributed by atoms with Crippen molar-refractivity contribution in [3.8, 4) is 11.4 Å². The number of para-hydroxylation sites is 1. The molecule has 0 bridgehead atoms. The third-order valence-corrected chi connectivity index (χ3v) is 5.44. The second-order valence-corrected chi connectivity index (χ2v) is 7.31. The van der Waals surface area contributed by atoms with E-state index in [4.69, 9.17) is 15.1 Å². The molecule has 0 saturated heterocycles. The molecule has 0 N–H and O–H groups in total. The molecule has 0 aliphatic carbocycles. The Bertz CT molecular complexity index is 1280. The number of benzene rings is 3. The van der Waals surface area contributed by atoms with Gasteiger partial charge in [-0.25, -0.2) is 14.4 Å². The minimum atomic E-state index is -0.234. The summed E-state index contributed by atoms with van der Waals surface area (Å²) in [6, 6.07) is 24.4. The zero-order valence-electron chi connectivity index (χ0n) is 14.8. The predicted molar refractivity (Wildman–Crippen MR) is 110 cm³/mol. The van der Waals surface area contributed by atoms with Crippen molar-refractivity contribution < 1.29 is 4.39 Å². The van der Waals surface area contributed by atoms with E-state index in [-0.39, 0.29) is 5.82 Å². The van der Waals surface area contributed by atoms with Crippen LogP contribution in [0.5, 0.6) is 0 Å². The van der Waals surface area contributed by atoms with E-state index in [1.165, 1.54) is 17.8 Å². The van der Waals surface area contributed by atoms with Crippen molar-refractivity contribution in [1.29, 1.82) is 0 Å². The maximum absolute atomic E-state index is 13.5. The molecule has 28 heavy (non-hydrogen) atoms. The summed E-state index contributed by atoms with van der Waals surface area (Å²) >= 11 is 1.52. The molecule has 0 fully saturated rings.